The van der Waals surface area contributed by atoms with Crippen LogP contribution in [0, 0.1) is 0 Å². The minimum Gasteiger partial charge on any atom is -0.385 e. The topological polar surface area (TPSA) is 38.0 Å². The number of nitrogens with two attached hydrogens (primary N) is 1. The van der Waals surface area contributed by atoms with Gasteiger partial charge in [0.1, 0.15) is 0 Å². The normalized spacial score (nSPS) is 12.1. The van der Waals surface area contributed by atoms with Crippen LogP contribution in [0.1, 0.15) is 19.8 Å². The van der Waals surface area contributed by atoms with Crippen LogP contribution in [-0.4, -0.2) is 12.6 Å². The third kappa shape index (κ3) is 4.42. The average Bonchev–Trinajstić information content (AvgIpc) is 2.45. The van der Waals surface area contributed by atoms with E-state index in [0.717, 1.165) is 19.4 Å². The summed E-state index contributed by atoms with van der Waals surface area (Å²) in [5.74, 6) is 0. The molecule has 0 bridgehead atoms. The Morgan fingerprint density at radius 2 is 1.58 bits per heavy atom. The molecule has 0 saturated carbocycles. The zero-order chi connectivity index (χ0) is 13.5. The largest absolute Gasteiger partial charge is 0.385 e. The van der Waals surface area contributed by atoms with Gasteiger partial charge in [-0.15, -0.1) is 0 Å². The van der Waals surface area contributed by atoms with E-state index in [9.17, 15) is 0 Å². The maximum absolute atomic E-state index is 5.73. The van der Waals surface area contributed by atoms with Crippen molar-refractivity contribution >= 4 is 5.69 Å². The smallest absolute Gasteiger partial charge is 0.0340 e. The van der Waals surface area contributed by atoms with Gasteiger partial charge in [0, 0.05) is 18.3 Å². The number of hydrogen-bond donors (Lipinski definition) is 2. The first-order chi connectivity index (χ1) is 9.25. The first kappa shape index (κ1) is 13.6. The molecule has 0 amide bonds. The Bertz CT molecular complexity index is 474. The molecule has 0 aromatic heterocycles. The molecule has 100 valence electrons. The van der Waals surface area contributed by atoms with Crippen molar-refractivity contribution < 1.29 is 0 Å². The molecule has 2 aromatic rings. The van der Waals surface area contributed by atoms with Gasteiger partial charge >= 0.3 is 0 Å². The highest BCUT2D eigenvalue weighted by Gasteiger charge is 1.98. The van der Waals surface area contributed by atoms with E-state index in [4.69, 9.17) is 5.73 Å². The highest BCUT2D eigenvalue weighted by Crippen LogP contribution is 2.20. The first-order valence-corrected chi connectivity index (χ1v) is 6.90. The van der Waals surface area contributed by atoms with Crippen LogP contribution in [0.4, 0.5) is 5.69 Å². The van der Waals surface area contributed by atoms with Crippen LogP contribution in [0.25, 0.3) is 11.1 Å². The van der Waals surface area contributed by atoms with E-state index in [-0.39, 0.29) is 0 Å². The molecule has 2 rings (SSSR count). The summed E-state index contributed by atoms with van der Waals surface area (Å²) < 4.78 is 0. The summed E-state index contributed by atoms with van der Waals surface area (Å²) in [5, 5.41) is 3.42. The van der Waals surface area contributed by atoms with Crippen LogP contribution in [0.15, 0.2) is 54.6 Å². The van der Waals surface area contributed by atoms with Crippen molar-refractivity contribution in [1.82, 2.24) is 0 Å². The molecule has 0 aliphatic heterocycles. The zero-order valence-electron chi connectivity index (χ0n) is 11.5. The average molecular weight is 254 g/mol. The highest BCUT2D eigenvalue weighted by atomic mass is 14.9. The van der Waals surface area contributed by atoms with Crippen LogP contribution in [0.3, 0.4) is 0 Å². The summed E-state index contributed by atoms with van der Waals surface area (Å²) >= 11 is 0. The predicted molar refractivity (Wildman–Crippen MR) is 83.3 cm³/mol. The van der Waals surface area contributed by atoms with Crippen LogP contribution < -0.4 is 11.1 Å². The fourth-order valence-electron chi connectivity index (χ4n) is 2.07. The van der Waals surface area contributed by atoms with Gasteiger partial charge in [-0.05, 0) is 43.0 Å². The minimum atomic E-state index is 0.294. The van der Waals surface area contributed by atoms with Gasteiger partial charge in [-0.1, -0.05) is 42.5 Å². The van der Waals surface area contributed by atoms with Crippen LogP contribution in [0.2, 0.25) is 0 Å². The number of nitrogens with one attached hydrogen (secondary N) is 1. The Morgan fingerprint density at radius 3 is 2.21 bits per heavy atom. The summed E-state index contributed by atoms with van der Waals surface area (Å²) in [6, 6.07) is 19.3. The van der Waals surface area contributed by atoms with Gasteiger partial charge in [-0.3, -0.25) is 0 Å². The third-order valence-corrected chi connectivity index (χ3v) is 3.16. The van der Waals surface area contributed by atoms with Gasteiger partial charge in [-0.25, -0.2) is 0 Å². The maximum atomic E-state index is 5.73. The van der Waals surface area contributed by atoms with Gasteiger partial charge in [0.25, 0.3) is 0 Å². The molecule has 0 fully saturated rings. The van der Waals surface area contributed by atoms with Crippen molar-refractivity contribution in [2.24, 2.45) is 5.73 Å². The second kappa shape index (κ2) is 6.95. The lowest BCUT2D eigenvalue weighted by molar-refractivity contribution is 0.639. The number of hydrogen-bond acceptors (Lipinski definition) is 2. The second-order valence-electron chi connectivity index (χ2n) is 4.99. The molecule has 1 atom stereocenters. The van der Waals surface area contributed by atoms with Gasteiger partial charge in [0.2, 0.25) is 0 Å². The van der Waals surface area contributed by atoms with Crippen LogP contribution in [-0.2, 0) is 0 Å². The molecule has 3 N–H and O–H groups in total. The van der Waals surface area contributed by atoms with Crippen molar-refractivity contribution in [3.63, 3.8) is 0 Å². The summed E-state index contributed by atoms with van der Waals surface area (Å²) in [4.78, 5) is 0. The third-order valence-electron chi connectivity index (χ3n) is 3.16. The SMILES string of the molecule is CC(N)CCCNc1ccc(-c2ccccc2)cc1. The predicted octanol–water partition coefficient (Wildman–Crippen LogP) is 3.89. The molecule has 2 nitrogen and oxygen atoms in total. The van der Waals surface area contributed by atoms with Crippen molar-refractivity contribution in [3.05, 3.63) is 54.6 Å². The molecule has 19 heavy (non-hydrogen) atoms. The molecule has 2 heteroatoms. The van der Waals surface area contributed by atoms with Crippen molar-refractivity contribution in [1.29, 1.82) is 0 Å². The first-order valence-electron chi connectivity index (χ1n) is 6.90. The monoisotopic (exact) mass is 254 g/mol. The number of benzene rings is 2. The maximum Gasteiger partial charge on any atom is 0.0340 e. The Morgan fingerprint density at radius 1 is 0.947 bits per heavy atom. The van der Waals surface area contributed by atoms with E-state index in [1.807, 2.05) is 6.07 Å². The van der Waals surface area contributed by atoms with E-state index in [1.54, 1.807) is 0 Å². The molecule has 0 aliphatic carbocycles. The molecule has 2 aromatic carbocycles. The summed E-state index contributed by atoms with van der Waals surface area (Å²) in [6.07, 6.45) is 2.17. The van der Waals surface area contributed by atoms with Gasteiger partial charge < -0.3 is 11.1 Å². The lowest BCUT2D eigenvalue weighted by Crippen LogP contribution is -2.16. The van der Waals surface area contributed by atoms with Crippen molar-refractivity contribution in [3.8, 4) is 11.1 Å². The summed E-state index contributed by atoms with van der Waals surface area (Å²) in [7, 11) is 0. The second-order valence-corrected chi connectivity index (χ2v) is 4.99. The molecule has 0 saturated heterocycles. The number of rotatable bonds is 6. The molecule has 0 aliphatic rings. The Balaban J connectivity index is 1.88. The number of anilines is 1. The molecular weight excluding hydrogens is 232 g/mol. The summed E-state index contributed by atoms with van der Waals surface area (Å²) in [6.45, 7) is 3.03. The fourth-order valence-corrected chi connectivity index (χ4v) is 2.07. The lowest BCUT2D eigenvalue weighted by atomic mass is 10.1. The van der Waals surface area contributed by atoms with Crippen LogP contribution in [0.5, 0.6) is 0 Å². The van der Waals surface area contributed by atoms with Gasteiger partial charge in [0.05, 0.1) is 0 Å². The van der Waals surface area contributed by atoms with Gasteiger partial charge in [0.15, 0.2) is 0 Å². The van der Waals surface area contributed by atoms with Crippen molar-refractivity contribution in [2.75, 3.05) is 11.9 Å². The fraction of sp³-hybridized carbons (Fsp3) is 0.294. The van der Waals surface area contributed by atoms with E-state index >= 15 is 0 Å². The van der Waals surface area contributed by atoms with E-state index in [2.05, 4.69) is 60.8 Å². The standard InChI is InChI=1S/C17H22N2/c1-14(18)6-5-13-19-17-11-9-16(10-12-17)15-7-3-2-4-8-15/h2-4,7-12,14,19H,5-6,13,18H2,1H3. The van der Waals surface area contributed by atoms with Gasteiger partial charge in [-0.2, -0.15) is 0 Å². The zero-order valence-corrected chi connectivity index (χ0v) is 11.5. The Kier molecular flexibility index (Phi) is 4.99. The Labute approximate surface area is 115 Å². The summed E-state index contributed by atoms with van der Waals surface area (Å²) in [5.41, 5.74) is 9.41. The minimum absolute atomic E-state index is 0.294. The van der Waals surface area contributed by atoms with E-state index in [0.29, 0.717) is 6.04 Å². The molecular formula is C17H22N2. The quantitative estimate of drug-likeness (QED) is 0.767. The molecule has 0 heterocycles. The van der Waals surface area contributed by atoms with Crippen LogP contribution >= 0.6 is 0 Å². The van der Waals surface area contributed by atoms with E-state index in [1.165, 1.54) is 16.8 Å². The van der Waals surface area contributed by atoms with Crippen molar-refractivity contribution in [2.45, 2.75) is 25.8 Å². The van der Waals surface area contributed by atoms with E-state index < -0.39 is 0 Å². The molecule has 0 spiro atoms. The Hall–Kier alpha value is -1.80. The molecule has 1 unspecified atom stereocenters. The molecule has 0 radical (unpaired) electrons. The lowest BCUT2D eigenvalue weighted by Gasteiger charge is -2.09. The highest BCUT2D eigenvalue weighted by molar-refractivity contribution is 5.65.